The monoisotopic (exact) mass is 249 g/mol. The van der Waals surface area contributed by atoms with Crippen LogP contribution in [0.3, 0.4) is 0 Å². The van der Waals surface area contributed by atoms with E-state index in [9.17, 15) is 18.9 Å². The number of nitrogens with zero attached hydrogens (tertiary/aromatic N) is 1. The molecule has 2 aromatic carbocycles. The van der Waals surface area contributed by atoms with Crippen LogP contribution in [-0.4, -0.2) is 4.92 Å². The second-order valence-corrected chi connectivity index (χ2v) is 3.88. The van der Waals surface area contributed by atoms with E-state index in [1.807, 2.05) is 0 Å². The SMILES string of the molecule is Cc1cc(F)ccc1-c1cc([N+](=O)[O-])ccc1F. The van der Waals surface area contributed by atoms with Crippen LogP contribution in [0.5, 0.6) is 0 Å². The summed E-state index contributed by atoms with van der Waals surface area (Å²) in [6.07, 6.45) is 0. The number of nitro groups is 1. The van der Waals surface area contributed by atoms with E-state index in [1.54, 1.807) is 6.92 Å². The highest BCUT2D eigenvalue weighted by Crippen LogP contribution is 2.29. The van der Waals surface area contributed by atoms with Crippen LogP contribution < -0.4 is 0 Å². The van der Waals surface area contributed by atoms with Crippen molar-refractivity contribution in [2.24, 2.45) is 0 Å². The van der Waals surface area contributed by atoms with Crippen LogP contribution in [0.1, 0.15) is 5.56 Å². The summed E-state index contributed by atoms with van der Waals surface area (Å²) in [4.78, 5) is 10.1. The number of hydrogen-bond donors (Lipinski definition) is 0. The summed E-state index contributed by atoms with van der Waals surface area (Å²) in [6.45, 7) is 1.62. The summed E-state index contributed by atoms with van der Waals surface area (Å²) in [6, 6.07) is 7.14. The summed E-state index contributed by atoms with van der Waals surface area (Å²) < 4.78 is 26.7. The van der Waals surface area contributed by atoms with E-state index in [2.05, 4.69) is 0 Å². The first-order valence-electron chi connectivity index (χ1n) is 5.19. The van der Waals surface area contributed by atoms with E-state index in [-0.39, 0.29) is 11.3 Å². The molecule has 0 amide bonds. The van der Waals surface area contributed by atoms with E-state index in [1.165, 1.54) is 18.2 Å². The zero-order valence-electron chi connectivity index (χ0n) is 9.48. The molecule has 0 atom stereocenters. The highest BCUT2D eigenvalue weighted by atomic mass is 19.1. The molecular formula is C13H9F2NO2. The molecule has 0 saturated heterocycles. The van der Waals surface area contributed by atoms with Gasteiger partial charge in [-0.25, -0.2) is 8.78 Å². The first-order valence-corrected chi connectivity index (χ1v) is 5.19. The number of halogens is 2. The van der Waals surface area contributed by atoms with Crippen LogP contribution in [0.15, 0.2) is 36.4 Å². The van der Waals surface area contributed by atoms with Gasteiger partial charge in [-0.05, 0) is 36.2 Å². The van der Waals surface area contributed by atoms with Crippen LogP contribution in [-0.2, 0) is 0 Å². The van der Waals surface area contributed by atoms with Gasteiger partial charge < -0.3 is 0 Å². The largest absolute Gasteiger partial charge is 0.270 e. The minimum atomic E-state index is -0.595. The Hall–Kier alpha value is -2.30. The molecule has 0 unspecified atom stereocenters. The molecule has 0 aromatic heterocycles. The van der Waals surface area contributed by atoms with Crippen molar-refractivity contribution < 1.29 is 13.7 Å². The number of rotatable bonds is 2. The molecule has 3 nitrogen and oxygen atoms in total. The molecule has 0 fully saturated rings. The van der Waals surface area contributed by atoms with Crippen molar-refractivity contribution in [2.45, 2.75) is 6.92 Å². The average molecular weight is 249 g/mol. The Morgan fingerprint density at radius 1 is 1.06 bits per heavy atom. The first-order chi connectivity index (χ1) is 8.49. The fourth-order valence-electron chi connectivity index (χ4n) is 1.76. The van der Waals surface area contributed by atoms with Gasteiger partial charge in [-0.1, -0.05) is 6.07 Å². The molecule has 0 spiro atoms. The number of nitro benzene ring substituents is 1. The lowest BCUT2D eigenvalue weighted by molar-refractivity contribution is -0.384. The van der Waals surface area contributed by atoms with Crippen molar-refractivity contribution in [1.29, 1.82) is 0 Å². The van der Waals surface area contributed by atoms with Crippen molar-refractivity contribution >= 4 is 5.69 Å². The quantitative estimate of drug-likeness (QED) is 0.599. The predicted octanol–water partition coefficient (Wildman–Crippen LogP) is 3.85. The summed E-state index contributed by atoms with van der Waals surface area (Å²) in [7, 11) is 0. The molecule has 0 radical (unpaired) electrons. The van der Waals surface area contributed by atoms with Gasteiger partial charge in [-0.15, -0.1) is 0 Å². The summed E-state index contributed by atoms with van der Waals surface area (Å²) >= 11 is 0. The first kappa shape index (κ1) is 12.2. The van der Waals surface area contributed by atoms with Gasteiger partial charge in [0.25, 0.3) is 5.69 Å². The molecule has 2 aromatic rings. The third-order valence-electron chi connectivity index (χ3n) is 2.64. The van der Waals surface area contributed by atoms with Gasteiger partial charge in [-0.2, -0.15) is 0 Å². The summed E-state index contributed by atoms with van der Waals surface area (Å²) in [5.74, 6) is -1.00. The lowest BCUT2D eigenvalue weighted by Crippen LogP contribution is -1.93. The fourth-order valence-corrected chi connectivity index (χ4v) is 1.76. The van der Waals surface area contributed by atoms with E-state index >= 15 is 0 Å². The number of non-ortho nitro benzene ring substituents is 1. The van der Waals surface area contributed by atoms with Gasteiger partial charge in [-0.3, -0.25) is 10.1 Å². The summed E-state index contributed by atoms with van der Waals surface area (Å²) in [5.41, 5.74) is 0.865. The molecule has 0 aliphatic carbocycles. The third kappa shape index (κ3) is 2.20. The maximum absolute atomic E-state index is 13.7. The van der Waals surface area contributed by atoms with Crippen molar-refractivity contribution in [2.75, 3.05) is 0 Å². The van der Waals surface area contributed by atoms with Crippen molar-refractivity contribution in [3.63, 3.8) is 0 Å². The number of hydrogen-bond acceptors (Lipinski definition) is 2. The molecule has 18 heavy (non-hydrogen) atoms. The molecular weight excluding hydrogens is 240 g/mol. The second kappa shape index (κ2) is 4.52. The Morgan fingerprint density at radius 2 is 1.78 bits per heavy atom. The lowest BCUT2D eigenvalue weighted by atomic mass is 9.99. The van der Waals surface area contributed by atoms with E-state index in [0.717, 1.165) is 18.2 Å². The van der Waals surface area contributed by atoms with Crippen LogP contribution >= 0.6 is 0 Å². The van der Waals surface area contributed by atoms with Crippen molar-refractivity contribution in [1.82, 2.24) is 0 Å². The molecule has 0 bridgehead atoms. The number of benzene rings is 2. The van der Waals surface area contributed by atoms with Crippen LogP contribution in [0, 0.1) is 28.7 Å². The van der Waals surface area contributed by atoms with Crippen LogP contribution in [0.4, 0.5) is 14.5 Å². The topological polar surface area (TPSA) is 43.1 Å². The van der Waals surface area contributed by atoms with E-state index < -0.39 is 16.6 Å². The highest BCUT2D eigenvalue weighted by molar-refractivity contribution is 5.70. The zero-order chi connectivity index (χ0) is 13.3. The highest BCUT2D eigenvalue weighted by Gasteiger charge is 2.14. The Balaban J connectivity index is 2.62. The Kier molecular flexibility index (Phi) is 3.06. The maximum Gasteiger partial charge on any atom is 0.270 e. The standard InChI is InChI=1S/C13H9F2NO2/c1-8-6-9(14)2-4-11(8)12-7-10(16(17)18)3-5-13(12)15/h2-7H,1H3. The minimum Gasteiger partial charge on any atom is -0.258 e. The molecule has 92 valence electrons. The Morgan fingerprint density at radius 3 is 2.39 bits per heavy atom. The number of aryl methyl sites for hydroxylation is 1. The Labute approximate surface area is 102 Å². The fraction of sp³-hybridized carbons (Fsp3) is 0.0769. The van der Waals surface area contributed by atoms with Crippen molar-refractivity contribution in [3.05, 3.63) is 63.7 Å². The molecule has 0 aliphatic rings. The van der Waals surface area contributed by atoms with Gasteiger partial charge in [0.05, 0.1) is 4.92 Å². The Bertz CT molecular complexity index is 626. The molecule has 0 aliphatic heterocycles. The molecule has 0 N–H and O–H groups in total. The van der Waals surface area contributed by atoms with Gasteiger partial charge >= 0.3 is 0 Å². The van der Waals surface area contributed by atoms with Gasteiger partial charge in [0.15, 0.2) is 0 Å². The van der Waals surface area contributed by atoms with Crippen LogP contribution in [0.2, 0.25) is 0 Å². The van der Waals surface area contributed by atoms with Gasteiger partial charge in [0, 0.05) is 17.7 Å². The van der Waals surface area contributed by atoms with E-state index in [4.69, 9.17) is 0 Å². The molecule has 0 saturated carbocycles. The lowest BCUT2D eigenvalue weighted by Gasteiger charge is -2.07. The molecule has 2 rings (SSSR count). The smallest absolute Gasteiger partial charge is 0.258 e. The maximum atomic E-state index is 13.7. The normalized spacial score (nSPS) is 10.4. The molecule has 5 heteroatoms. The van der Waals surface area contributed by atoms with Crippen LogP contribution in [0.25, 0.3) is 11.1 Å². The predicted molar refractivity (Wildman–Crippen MR) is 63.2 cm³/mol. The van der Waals surface area contributed by atoms with Crippen molar-refractivity contribution in [3.8, 4) is 11.1 Å². The summed E-state index contributed by atoms with van der Waals surface area (Å²) in [5, 5.41) is 10.7. The van der Waals surface area contributed by atoms with E-state index in [0.29, 0.717) is 11.1 Å². The molecule has 0 heterocycles. The zero-order valence-corrected chi connectivity index (χ0v) is 9.48. The van der Waals surface area contributed by atoms with Gasteiger partial charge in [0.2, 0.25) is 0 Å². The third-order valence-corrected chi connectivity index (χ3v) is 2.64. The average Bonchev–Trinajstić information content (AvgIpc) is 2.30. The minimum absolute atomic E-state index is 0.0988. The second-order valence-electron chi connectivity index (χ2n) is 3.88. The van der Waals surface area contributed by atoms with Gasteiger partial charge in [0.1, 0.15) is 11.6 Å².